The smallest absolute Gasteiger partial charge is 0.235 e. The van der Waals surface area contributed by atoms with E-state index < -0.39 is 10.8 Å². The first-order valence-corrected chi connectivity index (χ1v) is 10.4. The summed E-state index contributed by atoms with van der Waals surface area (Å²) < 4.78 is 23.7. The summed E-state index contributed by atoms with van der Waals surface area (Å²) in [4.78, 5) is 14.2. The zero-order valence-electron chi connectivity index (χ0n) is 15.2. The molecule has 1 amide bonds. The number of halogens is 1. The Morgan fingerprint density at radius 2 is 1.84 bits per heavy atom. The van der Waals surface area contributed by atoms with Crippen LogP contribution in [0.3, 0.4) is 0 Å². The second-order valence-electron chi connectivity index (χ2n) is 6.67. The lowest BCUT2D eigenvalue weighted by Gasteiger charge is -2.30. The van der Waals surface area contributed by atoms with Gasteiger partial charge in [-0.1, -0.05) is 11.6 Å². The Morgan fingerprint density at radius 3 is 2.48 bits per heavy atom. The second-order valence-corrected chi connectivity index (χ2v) is 8.54. The third-order valence-electron chi connectivity index (χ3n) is 3.87. The van der Waals surface area contributed by atoms with Crippen molar-refractivity contribution in [2.75, 3.05) is 19.0 Å². The minimum atomic E-state index is -1.31. The molecule has 7 heteroatoms. The summed E-state index contributed by atoms with van der Waals surface area (Å²) in [6.07, 6.45) is 0.793. The molecule has 1 unspecified atom stereocenters. The van der Waals surface area contributed by atoms with Crippen LogP contribution in [0.4, 0.5) is 0 Å². The maximum absolute atomic E-state index is 12.5. The van der Waals surface area contributed by atoms with Crippen molar-refractivity contribution in [1.82, 2.24) is 4.90 Å². The topological polar surface area (TPSA) is 55.8 Å². The lowest BCUT2D eigenvalue weighted by atomic mass is 10.2. The molecule has 0 aromatic heterocycles. The van der Waals surface area contributed by atoms with E-state index in [1.54, 1.807) is 17.0 Å². The number of hydrogen-bond donors (Lipinski definition) is 0. The highest BCUT2D eigenvalue weighted by atomic mass is 35.5. The molecule has 0 N–H and O–H groups in total. The molecule has 0 bridgehead atoms. The molecule has 140 valence electrons. The number of nitrogens with zero attached hydrogens (tertiary/aromatic N) is 1. The molecular formula is C18H26ClNO4S. The summed E-state index contributed by atoms with van der Waals surface area (Å²) in [5.41, 5.74) is 0.779. The lowest BCUT2D eigenvalue weighted by molar-refractivity contribution is -0.131. The predicted molar refractivity (Wildman–Crippen MR) is 101 cm³/mol. The van der Waals surface area contributed by atoms with Gasteiger partial charge in [-0.3, -0.25) is 9.00 Å². The zero-order valence-corrected chi connectivity index (χ0v) is 16.8. The van der Waals surface area contributed by atoms with Crippen molar-refractivity contribution in [2.45, 2.75) is 52.0 Å². The SMILES string of the molecule is CC(C)N(C(=O)CS(=O)Cc1cc(Cl)c2c(c1)OCCCO2)C(C)C. The van der Waals surface area contributed by atoms with Crippen LogP contribution in [0.2, 0.25) is 5.02 Å². The number of amides is 1. The maximum Gasteiger partial charge on any atom is 0.235 e. The molecule has 1 aromatic carbocycles. The third kappa shape index (κ3) is 5.35. The average Bonchev–Trinajstić information content (AvgIpc) is 2.71. The number of hydrogen-bond acceptors (Lipinski definition) is 4. The van der Waals surface area contributed by atoms with E-state index in [4.69, 9.17) is 21.1 Å². The maximum atomic E-state index is 12.5. The van der Waals surface area contributed by atoms with E-state index in [1.165, 1.54) is 0 Å². The summed E-state index contributed by atoms with van der Waals surface area (Å²) >= 11 is 6.26. The fourth-order valence-corrected chi connectivity index (χ4v) is 4.34. The van der Waals surface area contributed by atoms with Gasteiger partial charge in [0.25, 0.3) is 0 Å². The van der Waals surface area contributed by atoms with Gasteiger partial charge < -0.3 is 14.4 Å². The fraction of sp³-hybridized carbons (Fsp3) is 0.611. The van der Waals surface area contributed by atoms with Crippen LogP contribution in [0.5, 0.6) is 11.5 Å². The Bertz CT molecular complexity index is 640. The number of fused-ring (bicyclic) bond motifs is 1. The molecule has 1 atom stereocenters. The number of carbonyl (C=O) groups is 1. The van der Waals surface area contributed by atoms with Gasteiger partial charge >= 0.3 is 0 Å². The van der Waals surface area contributed by atoms with Gasteiger partial charge in [0.05, 0.1) is 18.2 Å². The molecule has 0 saturated carbocycles. The molecule has 0 aliphatic carbocycles. The van der Waals surface area contributed by atoms with E-state index in [9.17, 15) is 9.00 Å². The summed E-state index contributed by atoms with van der Waals surface area (Å²) in [7, 11) is -1.31. The van der Waals surface area contributed by atoms with Crippen molar-refractivity contribution >= 4 is 28.3 Å². The van der Waals surface area contributed by atoms with Gasteiger partial charge in [-0.05, 0) is 45.4 Å². The minimum absolute atomic E-state index is 0.00240. The monoisotopic (exact) mass is 387 g/mol. The van der Waals surface area contributed by atoms with Crippen molar-refractivity contribution in [3.05, 3.63) is 22.7 Å². The van der Waals surface area contributed by atoms with Crippen LogP contribution in [0.1, 0.15) is 39.7 Å². The highest BCUT2D eigenvalue weighted by Gasteiger charge is 2.22. The Kier molecular flexibility index (Phi) is 7.14. The largest absolute Gasteiger partial charge is 0.489 e. The van der Waals surface area contributed by atoms with Gasteiger partial charge in [0.2, 0.25) is 5.91 Å². The summed E-state index contributed by atoms with van der Waals surface area (Å²) in [5.74, 6) is 1.28. The molecule has 1 heterocycles. The highest BCUT2D eigenvalue weighted by Crippen LogP contribution is 2.38. The number of rotatable bonds is 6. The molecule has 5 nitrogen and oxygen atoms in total. The Labute approximate surface area is 157 Å². The van der Waals surface area contributed by atoms with E-state index >= 15 is 0 Å². The fourth-order valence-electron chi connectivity index (χ4n) is 2.99. The lowest BCUT2D eigenvalue weighted by Crippen LogP contribution is -2.44. The van der Waals surface area contributed by atoms with Crippen molar-refractivity contribution < 1.29 is 18.5 Å². The molecule has 1 aliphatic heterocycles. The third-order valence-corrected chi connectivity index (χ3v) is 5.38. The van der Waals surface area contributed by atoms with Gasteiger partial charge in [-0.2, -0.15) is 0 Å². The first-order valence-electron chi connectivity index (χ1n) is 8.53. The van der Waals surface area contributed by atoms with Crippen molar-refractivity contribution in [1.29, 1.82) is 0 Å². The highest BCUT2D eigenvalue weighted by molar-refractivity contribution is 7.84. The summed E-state index contributed by atoms with van der Waals surface area (Å²) in [5, 5.41) is 0.448. The van der Waals surface area contributed by atoms with Crippen molar-refractivity contribution in [2.24, 2.45) is 0 Å². The van der Waals surface area contributed by atoms with Crippen LogP contribution in [-0.2, 0) is 21.3 Å². The molecule has 0 saturated heterocycles. The van der Waals surface area contributed by atoms with E-state index in [-0.39, 0.29) is 29.5 Å². The Hall–Kier alpha value is -1.27. The first kappa shape index (κ1) is 20.0. The second kappa shape index (κ2) is 8.90. The number of benzene rings is 1. The average molecular weight is 388 g/mol. The Balaban J connectivity index is 2.07. The molecule has 0 radical (unpaired) electrons. The van der Waals surface area contributed by atoms with Crippen LogP contribution in [-0.4, -0.2) is 46.1 Å². The molecule has 25 heavy (non-hydrogen) atoms. The van der Waals surface area contributed by atoms with Crippen molar-refractivity contribution in [3.8, 4) is 11.5 Å². The summed E-state index contributed by atoms with van der Waals surface area (Å²) in [6.45, 7) is 8.97. The van der Waals surface area contributed by atoms with E-state index in [1.807, 2.05) is 27.7 Å². The molecule has 1 aliphatic rings. The molecule has 1 aromatic rings. The standard InChI is InChI=1S/C18H26ClNO4S/c1-12(2)20(13(3)4)17(21)11-25(22)10-14-8-15(19)18-16(9-14)23-6-5-7-24-18/h8-9,12-13H,5-7,10-11H2,1-4H3. The van der Waals surface area contributed by atoms with Crippen LogP contribution >= 0.6 is 11.6 Å². The van der Waals surface area contributed by atoms with Gasteiger partial charge in [0, 0.05) is 35.1 Å². The van der Waals surface area contributed by atoms with E-state index in [0.29, 0.717) is 29.7 Å². The van der Waals surface area contributed by atoms with Gasteiger partial charge in [-0.25, -0.2) is 0 Å². The van der Waals surface area contributed by atoms with Crippen LogP contribution < -0.4 is 9.47 Å². The number of ether oxygens (including phenoxy) is 2. The zero-order chi connectivity index (χ0) is 18.6. The molecule has 2 rings (SSSR count). The van der Waals surface area contributed by atoms with Gasteiger partial charge in [-0.15, -0.1) is 0 Å². The first-order chi connectivity index (χ1) is 11.8. The van der Waals surface area contributed by atoms with E-state index in [0.717, 1.165) is 12.0 Å². The van der Waals surface area contributed by atoms with Gasteiger partial charge in [0.15, 0.2) is 11.5 Å². The predicted octanol–water partition coefficient (Wildman–Crippen LogP) is 3.40. The van der Waals surface area contributed by atoms with Crippen LogP contribution in [0.15, 0.2) is 12.1 Å². The van der Waals surface area contributed by atoms with Crippen LogP contribution in [0, 0.1) is 0 Å². The normalized spacial score (nSPS) is 15.2. The quantitative estimate of drug-likeness (QED) is 0.750. The molecular weight excluding hydrogens is 362 g/mol. The van der Waals surface area contributed by atoms with E-state index in [2.05, 4.69) is 0 Å². The Morgan fingerprint density at radius 1 is 1.20 bits per heavy atom. The minimum Gasteiger partial charge on any atom is -0.489 e. The molecule has 0 spiro atoms. The van der Waals surface area contributed by atoms with Crippen LogP contribution in [0.25, 0.3) is 0 Å². The number of carbonyl (C=O) groups excluding carboxylic acids is 1. The molecule has 0 fully saturated rings. The van der Waals surface area contributed by atoms with Gasteiger partial charge in [0.1, 0.15) is 5.75 Å². The summed E-state index contributed by atoms with van der Waals surface area (Å²) in [6, 6.07) is 3.70. The van der Waals surface area contributed by atoms with Crippen molar-refractivity contribution in [3.63, 3.8) is 0 Å².